The van der Waals surface area contributed by atoms with Crippen LogP contribution in [0.2, 0.25) is 0 Å². The van der Waals surface area contributed by atoms with Gasteiger partial charge in [0, 0.05) is 22.4 Å². The highest BCUT2D eigenvalue weighted by atomic mass is 127. The third-order valence-electron chi connectivity index (χ3n) is 2.59. The molecule has 0 saturated carbocycles. The highest BCUT2D eigenvalue weighted by Gasteiger charge is 2.15. The number of hydrogen-bond acceptors (Lipinski definition) is 3. The van der Waals surface area contributed by atoms with Gasteiger partial charge in [0.1, 0.15) is 0 Å². The molecule has 0 atom stereocenters. The summed E-state index contributed by atoms with van der Waals surface area (Å²) in [5.41, 5.74) is 7.58. The van der Waals surface area contributed by atoms with Gasteiger partial charge in [-0.2, -0.15) is 0 Å². The normalized spacial score (nSPS) is 10.1. The second-order valence-electron chi connectivity index (χ2n) is 3.81. The molecular weight excluding hydrogens is 341 g/mol. The van der Waals surface area contributed by atoms with E-state index in [1.165, 1.54) is 11.1 Å². The number of nitrogen functional groups attached to an aromatic ring is 1. The quantitative estimate of drug-likeness (QED) is 0.845. The lowest BCUT2D eigenvalue weighted by molar-refractivity contribution is 0.0993. The summed E-state index contributed by atoms with van der Waals surface area (Å²) >= 11 is 2.20. The third kappa shape index (κ3) is 2.61. The number of aromatic nitrogens is 1. The molecule has 0 saturated heterocycles. The molecule has 0 aliphatic rings. The van der Waals surface area contributed by atoms with Gasteiger partial charge in [0.15, 0.2) is 0 Å². The predicted molar refractivity (Wildman–Crippen MR) is 80.5 cm³/mol. The first-order valence-electron chi connectivity index (χ1n) is 5.32. The van der Waals surface area contributed by atoms with Crippen molar-refractivity contribution in [3.8, 4) is 0 Å². The van der Waals surface area contributed by atoms with Crippen LogP contribution in [-0.2, 0) is 0 Å². The average molecular weight is 353 g/mol. The van der Waals surface area contributed by atoms with Crippen LogP contribution in [0.3, 0.4) is 0 Å². The first-order chi connectivity index (χ1) is 8.59. The second-order valence-corrected chi connectivity index (χ2v) is 5.05. The molecule has 18 heavy (non-hydrogen) atoms. The summed E-state index contributed by atoms with van der Waals surface area (Å²) in [4.78, 5) is 17.7. The first-order valence-corrected chi connectivity index (χ1v) is 6.40. The van der Waals surface area contributed by atoms with E-state index in [-0.39, 0.29) is 5.91 Å². The number of anilines is 2. The van der Waals surface area contributed by atoms with Gasteiger partial charge >= 0.3 is 0 Å². The van der Waals surface area contributed by atoms with Gasteiger partial charge in [-0.1, -0.05) is 0 Å². The van der Waals surface area contributed by atoms with Crippen LogP contribution in [0.5, 0.6) is 0 Å². The molecule has 1 amide bonds. The molecule has 0 fully saturated rings. The number of amides is 1. The van der Waals surface area contributed by atoms with Crippen molar-refractivity contribution in [3.63, 3.8) is 0 Å². The largest absolute Gasteiger partial charge is 0.396 e. The van der Waals surface area contributed by atoms with E-state index < -0.39 is 0 Å². The summed E-state index contributed by atoms with van der Waals surface area (Å²) in [6.07, 6.45) is 3.15. The Morgan fingerprint density at radius 2 is 1.94 bits per heavy atom. The van der Waals surface area contributed by atoms with Crippen LogP contribution in [-0.4, -0.2) is 17.9 Å². The Morgan fingerprint density at radius 3 is 2.56 bits per heavy atom. The minimum atomic E-state index is -0.0932. The highest BCUT2D eigenvalue weighted by molar-refractivity contribution is 14.1. The van der Waals surface area contributed by atoms with Gasteiger partial charge in [-0.15, -0.1) is 0 Å². The topological polar surface area (TPSA) is 59.2 Å². The van der Waals surface area contributed by atoms with Crippen molar-refractivity contribution in [2.45, 2.75) is 0 Å². The summed E-state index contributed by atoms with van der Waals surface area (Å²) in [5, 5.41) is 0. The summed E-state index contributed by atoms with van der Waals surface area (Å²) in [7, 11) is 1.70. The van der Waals surface area contributed by atoms with E-state index >= 15 is 0 Å². The van der Waals surface area contributed by atoms with Crippen LogP contribution in [0.4, 0.5) is 11.4 Å². The van der Waals surface area contributed by atoms with E-state index in [0.717, 1.165) is 3.57 Å². The fourth-order valence-corrected chi connectivity index (χ4v) is 1.96. The predicted octanol–water partition coefficient (Wildman–Crippen LogP) is 2.54. The zero-order valence-corrected chi connectivity index (χ0v) is 12.0. The molecule has 4 nitrogen and oxygen atoms in total. The van der Waals surface area contributed by atoms with Gasteiger partial charge in [0.2, 0.25) is 0 Å². The number of nitrogens with zero attached hydrogens (tertiary/aromatic N) is 2. The lowest BCUT2D eigenvalue weighted by atomic mass is 10.2. The van der Waals surface area contributed by atoms with E-state index in [0.29, 0.717) is 16.9 Å². The molecule has 2 N–H and O–H groups in total. The van der Waals surface area contributed by atoms with Crippen molar-refractivity contribution in [1.29, 1.82) is 0 Å². The molecule has 0 unspecified atom stereocenters. The highest BCUT2D eigenvalue weighted by Crippen LogP contribution is 2.21. The average Bonchev–Trinajstić information content (AvgIpc) is 2.38. The maximum atomic E-state index is 12.3. The Bertz CT molecular complexity index is 569. The molecule has 5 heteroatoms. The van der Waals surface area contributed by atoms with E-state index in [2.05, 4.69) is 27.6 Å². The Kier molecular flexibility index (Phi) is 3.81. The van der Waals surface area contributed by atoms with Gasteiger partial charge < -0.3 is 10.6 Å². The molecule has 2 aromatic rings. The fraction of sp³-hybridized carbons (Fsp3) is 0.0769. The maximum absolute atomic E-state index is 12.3. The molecule has 0 aliphatic carbocycles. The zero-order valence-electron chi connectivity index (χ0n) is 9.80. The Balaban J connectivity index is 2.29. The lowest BCUT2D eigenvalue weighted by Crippen LogP contribution is -2.27. The molecule has 0 radical (unpaired) electrons. The van der Waals surface area contributed by atoms with E-state index in [1.54, 1.807) is 31.4 Å². The second kappa shape index (κ2) is 5.34. The molecule has 1 aromatic heterocycles. The van der Waals surface area contributed by atoms with Crippen LogP contribution < -0.4 is 10.6 Å². The van der Waals surface area contributed by atoms with Crippen molar-refractivity contribution in [3.05, 3.63) is 51.9 Å². The third-order valence-corrected chi connectivity index (χ3v) is 3.30. The van der Waals surface area contributed by atoms with Crippen LogP contribution in [0.1, 0.15) is 10.4 Å². The maximum Gasteiger partial charge on any atom is 0.258 e. The monoisotopic (exact) mass is 353 g/mol. The summed E-state index contributed by atoms with van der Waals surface area (Å²) in [6.45, 7) is 0. The van der Waals surface area contributed by atoms with E-state index in [1.807, 2.05) is 12.1 Å². The molecular formula is C13H12IN3O. The standard InChI is InChI=1S/C13H12IN3O/c1-17(12-6-7-16-8-11(12)15)13(18)9-2-4-10(14)5-3-9/h2-8H,15H2,1H3. The number of hydrogen-bond donors (Lipinski definition) is 1. The number of halogens is 1. The van der Waals surface area contributed by atoms with Crippen LogP contribution in [0, 0.1) is 3.57 Å². The smallest absolute Gasteiger partial charge is 0.258 e. The molecule has 0 aliphatic heterocycles. The molecule has 1 aromatic carbocycles. The van der Waals surface area contributed by atoms with Gasteiger partial charge in [0.25, 0.3) is 5.91 Å². The van der Waals surface area contributed by atoms with Gasteiger partial charge in [-0.3, -0.25) is 9.78 Å². The van der Waals surface area contributed by atoms with Crippen molar-refractivity contribution < 1.29 is 4.79 Å². The zero-order chi connectivity index (χ0) is 13.1. The molecule has 0 spiro atoms. The number of rotatable bonds is 2. The van der Waals surface area contributed by atoms with Crippen LogP contribution in [0.15, 0.2) is 42.7 Å². The Morgan fingerprint density at radius 1 is 1.28 bits per heavy atom. The number of carbonyl (C=O) groups is 1. The number of nitrogens with two attached hydrogens (primary N) is 1. The summed E-state index contributed by atoms with van der Waals surface area (Å²) in [5.74, 6) is -0.0932. The van der Waals surface area contributed by atoms with E-state index in [9.17, 15) is 4.79 Å². The van der Waals surface area contributed by atoms with Gasteiger partial charge in [-0.05, 0) is 52.9 Å². The van der Waals surface area contributed by atoms with Gasteiger partial charge in [-0.25, -0.2) is 0 Å². The minimum Gasteiger partial charge on any atom is -0.396 e. The fourth-order valence-electron chi connectivity index (χ4n) is 1.60. The Labute approximate surface area is 119 Å². The SMILES string of the molecule is CN(C(=O)c1ccc(I)cc1)c1ccncc1N. The molecule has 0 bridgehead atoms. The molecule has 92 valence electrons. The molecule has 2 rings (SSSR count). The van der Waals surface area contributed by atoms with Gasteiger partial charge in [0.05, 0.1) is 17.6 Å². The van der Waals surface area contributed by atoms with Crippen molar-refractivity contribution >= 4 is 39.9 Å². The van der Waals surface area contributed by atoms with Crippen LogP contribution >= 0.6 is 22.6 Å². The van der Waals surface area contributed by atoms with Crippen LogP contribution in [0.25, 0.3) is 0 Å². The number of pyridine rings is 1. The number of benzene rings is 1. The minimum absolute atomic E-state index is 0.0932. The van der Waals surface area contributed by atoms with Crippen molar-refractivity contribution in [2.24, 2.45) is 0 Å². The van der Waals surface area contributed by atoms with Crippen molar-refractivity contribution in [2.75, 3.05) is 17.7 Å². The lowest BCUT2D eigenvalue weighted by Gasteiger charge is -2.18. The molecule has 1 heterocycles. The number of carbonyl (C=O) groups excluding carboxylic acids is 1. The summed E-state index contributed by atoms with van der Waals surface area (Å²) in [6, 6.07) is 9.13. The first kappa shape index (κ1) is 12.8. The Hall–Kier alpha value is -1.63. The van der Waals surface area contributed by atoms with E-state index in [4.69, 9.17) is 5.73 Å². The van der Waals surface area contributed by atoms with Crippen molar-refractivity contribution in [1.82, 2.24) is 4.98 Å². The summed E-state index contributed by atoms with van der Waals surface area (Å²) < 4.78 is 1.09.